The van der Waals surface area contributed by atoms with E-state index in [0.717, 1.165) is 19.0 Å². The number of ether oxygens (including phenoxy) is 1. The van der Waals surface area contributed by atoms with Crippen LogP contribution < -0.4 is 14.5 Å². The fraction of sp³-hybridized carbons (Fsp3) is 0.0714. The van der Waals surface area contributed by atoms with Crippen LogP contribution in [-0.2, 0) is 21.4 Å². The Morgan fingerprint density at radius 3 is 2.24 bits per heavy atom. The molecule has 0 saturated heterocycles. The van der Waals surface area contributed by atoms with E-state index in [1.54, 1.807) is 66.7 Å². The van der Waals surface area contributed by atoms with Crippen molar-refractivity contribution in [1.29, 1.82) is 0 Å². The molecule has 0 saturated carbocycles. The van der Waals surface area contributed by atoms with E-state index in [-0.39, 0.29) is 4.90 Å². The summed E-state index contributed by atoms with van der Waals surface area (Å²) in [6, 6.07) is 29.5. The van der Waals surface area contributed by atoms with Gasteiger partial charge in [0, 0.05) is 8.59 Å². The first kappa shape index (κ1) is 27.6. The van der Waals surface area contributed by atoms with Gasteiger partial charge in [-0.05, 0) is 107 Å². The standard InChI is InChI=1S/C28H23ClIN3O4S/c29-23-10-6-22(7-11-23)20-37-26-16-8-21(9-17-26)18-31-32-28(34)19-33(25-14-12-24(30)13-15-25)38(35,36)27-4-2-1-3-5-27/h1-18H,19-20H2,(H,32,34)/b31-18-. The smallest absolute Gasteiger partial charge is 0.264 e. The third kappa shape index (κ3) is 7.56. The monoisotopic (exact) mass is 659 g/mol. The topological polar surface area (TPSA) is 88.1 Å². The molecule has 1 amide bonds. The lowest BCUT2D eigenvalue weighted by atomic mass is 10.2. The van der Waals surface area contributed by atoms with Crippen LogP contribution >= 0.6 is 34.2 Å². The maximum Gasteiger partial charge on any atom is 0.264 e. The molecule has 0 aliphatic heterocycles. The normalized spacial score (nSPS) is 11.3. The van der Waals surface area contributed by atoms with E-state index >= 15 is 0 Å². The molecule has 194 valence electrons. The number of hydrazone groups is 1. The van der Waals surface area contributed by atoms with Crippen molar-refractivity contribution in [2.75, 3.05) is 10.8 Å². The van der Waals surface area contributed by atoms with Gasteiger partial charge in [0.05, 0.1) is 16.8 Å². The van der Waals surface area contributed by atoms with Crippen molar-refractivity contribution in [3.8, 4) is 5.75 Å². The molecular formula is C28H23ClIN3O4S. The minimum absolute atomic E-state index is 0.0909. The van der Waals surface area contributed by atoms with Crippen molar-refractivity contribution in [3.63, 3.8) is 0 Å². The molecule has 0 bridgehead atoms. The number of nitrogens with one attached hydrogen (secondary N) is 1. The molecule has 1 N–H and O–H groups in total. The molecule has 0 aromatic heterocycles. The lowest BCUT2D eigenvalue weighted by molar-refractivity contribution is -0.119. The summed E-state index contributed by atoms with van der Waals surface area (Å²) in [6.45, 7) is -0.0315. The summed E-state index contributed by atoms with van der Waals surface area (Å²) >= 11 is 8.03. The van der Waals surface area contributed by atoms with Crippen molar-refractivity contribution in [3.05, 3.63) is 123 Å². The highest BCUT2D eigenvalue weighted by Gasteiger charge is 2.27. The van der Waals surface area contributed by atoms with Gasteiger partial charge in [-0.2, -0.15) is 5.10 Å². The first-order valence-electron chi connectivity index (χ1n) is 11.4. The van der Waals surface area contributed by atoms with Gasteiger partial charge >= 0.3 is 0 Å². The zero-order chi connectivity index (χ0) is 27.0. The molecule has 0 unspecified atom stereocenters. The quantitative estimate of drug-likeness (QED) is 0.131. The lowest BCUT2D eigenvalue weighted by Crippen LogP contribution is -2.39. The summed E-state index contributed by atoms with van der Waals surface area (Å²) in [5.74, 6) is 0.0997. The number of nitrogens with zero attached hydrogens (tertiary/aromatic N) is 2. The van der Waals surface area contributed by atoms with E-state index < -0.39 is 22.5 Å². The molecule has 4 rings (SSSR count). The van der Waals surface area contributed by atoms with Gasteiger partial charge in [-0.3, -0.25) is 9.10 Å². The number of benzene rings is 4. The molecule has 4 aromatic rings. The zero-order valence-corrected chi connectivity index (χ0v) is 23.7. The molecule has 0 radical (unpaired) electrons. The number of carbonyl (C=O) groups excluding carboxylic acids is 1. The third-order valence-corrected chi connectivity index (χ3v) is 8.09. The van der Waals surface area contributed by atoms with Crippen LogP contribution in [0.5, 0.6) is 5.75 Å². The highest BCUT2D eigenvalue weighted by atomic mass is 127. The van der Waals surface area contributed by atoms with E-state index in [2.05, 4.69) is 33.1 Å². The van der Waals surface area contributed by atoms with E-state index in [1.807, 2.05) is 24.3 Å². The number of sulfonamides is 1. The molecule has 0 fully saturated rings. The molecule has 38 heavy (non-hydrogen) atoms. The van der Waals surface area contributed by atoms with Crippen LogP contribution in [0, 0.1) is 3.57 Å². The SMILES string of the molecule is O=C(CN(c1ccc(I)cc1)S(=O)(=O)c1ccccc1)N/N=C\c1ccc(OCc2ccc(Cl)cc2)cc1. The van der Waals surface area contributed by atoms with Crippen LogP contribution in [-0.4, -0.2) is 27.1 Å². The van der Waals surface area contributed by atoms with E-state index in [9.17, 15) is 13.2 Å². The molecule has 10 heteroatoms. The fourth-order valence-electron chi connectivity index (χ4n) is 3.38. The Bertz CT molecular complexity index is 1500. The van der Waals surface area contributed by atoms with Crippen molar-refractivity contribution in [2.24, 2.45) is 5.10 Å². The summed E-state index contributed by atoms with van der Waals surface area (Å²) in [5.41, 5.74) is 4.52. The molecule has 4 aromatic carbocycles. The average molecular weight is 660 g/mol. The molecule has 7 nitrogen and oxygen atoms in total. The Labute approximate surface area is 240 Å². The van der Waals surface area contributed by atoms with E-state index in [4.69, 9.17) is 16.3 Å². The van der Waals surface area contributed by atoms with Gasteiger partial charge < -0.3 is 4.74 Å². The summed E-state index contributed by atoms with van der Waals surface area (Å²) in [7, 11) is -3.97. The number of halogens is 2. The van der Waals surface area contributed by atoms with Crippen molar-refractivity contribution in [1.82, 2.24) is 5.43 Å². The number of hydrogen-bond donors (Lipinski definition) is 1. The molecule has 0 aliphatic rings. The Balaban J connectivity index is 1.38. The number of carbonyl (C=O) groups is 1. The summed E-state index contributed by atoms with van der Waals surface area (Å²) < 4.78 is 34.4. The van der Waals surface area contributed by atoms with Gasteiger partial charge in [0.1, 0.15) is 18.9 Å². The predicted molar refractivity (Wildman–Crippen MR) is 158 cm³/mol. The second-order valence-corrected chi connectivity index (χ2v) is 11.6. The number of hydrogen-bond acceptors (Lipinski definition) is 5. The number of anilines is 1. The number of amides is 1. The molecule has 0 spiro atoms. The van der Waals surface area contributed by atoms with Gasteiger partial charge in [-0.25, -0.2) is 13.8 Å². The maximum atomic E-state index is 13.3. The first-order chi connectivity index (χ1) is 18.3. The fourth-order valence-corrected chi connectivity index (χ4v) is 5.31. The van der Waals surface area contributed by atoms with Crippen molar-refractivity contribution in [2.45, 2.75) is 11.5 Å². The first-order valence-corrected chi connectivity index (χ1v) is 14.3. The van der Waals surface area contributed by atoms with Crippen LogP contribution in [0.1, 0.15) is 11.1 Å². The van der Waals surface area contributed by atoms with Crippen LogP contribution in [0.4, 0.5) is 5.69 Å². The average Bonchev–Trinajstić information content (AvgIpc) is 2.93. The highest BCUT2D eigenvalue weighted by molar-refractivity contribution is 14.1. The second kappa shape index (κ2) is 12.9. The molecule has 0 heterocycles. The van der Waals surface area contributed by atoms with Gasteiger partial charge in [0.15, 0.2) is 0 Å². The van der Waals surface area contributed by atoms with Gasteiger partial charge in [0.25, 0.3) is 15.9 Å². The zero-order valence-electron chi connectivity index (χ0n) is 20.0. The minimum Gasteiger partial charge on any atom is -0.489 e. The highest BCUT2D eigenvalue weighted by Crippen LogP contribution is 2.24. The Kier molecular flexibility index (Phi) is 9.38. The van der Waals surface area contributed by atoms with Gasteiger partial charge in [-0.15, -0.1) is 0 Å². The van der Waals surface area contributed by atoms with Crippen molar-refractivity contribution < 1.29 is 17.9 Å². The van der Waals surface area contributed by atoms with Gasteiger partial charge in [0.2, 0.25) is 0 Å². The second-order valence-electron chi connectivity index (χ2n) is 8.08. The summed E-state index contributed by atoms with van der Waals surface area (Å²) in [6.07, 6.45) is 1.47. The van der Waals surface area contributed by atoms with Crippen molar-refractivity contribution >= 4 is 62.0 Å². The molecule has 0 atom stereocenters. The lowest BCUT2D eigenvalue weighted by Gasteiger charge is -2.23. The maximum absolute atomic E-state index is 13.3. The third-order valence-electron chi connectivity index (χ3n) is 5.33. The van der Waals surface area contributed by atoms with Crippen LogP contribution in [0.2, 0.25) is 5.02 Å². The van der Waals surface area contributed by atoms with E-state index in [1.165, 1.54) is 18.3 Å². The molecular weight excluding hydrogens is 637 g/mol. The number of rotatable bonds is 10. The minimum atomic E-state index is -3.97. The van der Waals surface area contributed by atoms with E-state index in [0.29, 0.717) is 23.1 Å². The predicted octanol–water partition coefficient (Wildman–Crippen LogP) is 5.87. The van der Waals surface area contributed by atoms with Crippen LogP contribution in [0.15, 0.2) is 113 Å². The Hall–Kier alpha value is -3.41. The van der Waals surface area contributed by atoms with Crippen LogP contribution in [0.3, 0.4) is 0 Å². The summed E-state index contributed by atoms with van der Waals surface area (Å²) in [5, 5.41) is 4.66. The molecule has 0 aliphatic carbocycles. The Morgan fingerprint density at radius 2 is 1.58 bits per heavy atom. The van der Waals surface area contributed by atoms with Crippen LogP contribution in [0.25, 0.3) is 0 Å². The van der Waals surface area contributed by atoms with Gasteiger partial charge in [-0.1, -0.05) is 41.9 Å². The summed E-state index contributed by atoms with van der Waals surface area (Å²) in [4.78, 5) is 12.8. The Morgan fingerprint density at radius 1 is 0.921 bits per heavy atom. The largest absolute Gasteiger partial charge is 0.489 e.